The van der Waals surface area contributed by atoms with E-state index in [-0.39, 0.29) is 6.10 Å². The van der Waals surface area contributed by atoms with Gasteiger partial charge in [0.2, 0.25) is 0 Å². The number of pyridine rings is 1. The van der Waals surface area contributed by atoms with Gasteiger partial charge in [0.05, 0.1) is 18.0 Å². The van der Waals surface area contributed by atoms with Crippen LogP contribution in [0.4, 0.5) is 0 Å². The van der Waals surface area contributed by atoms with E-state index in [1.807, 2.05) is 26.0 Å². The molecule has 0 atom stereocenters. The number of H-pyrrole nitrogens is 1. The van der Waals surface area contributed by atoms with E-state index in [9.17, 15) is 0 Å². The average molecular weight is 203 g/mol. The maximum Gasteiger partial charge on any atom is 0.294 e. The van der Waals surface area contributed by atoms with Crippen molar-refractivity contribution in [3.63, 3.8) is 0 Å². The summed E-state index contributed by atoms with van der Waals surface area (Å²) in [5.74, 6) is 0. The standard InChI is InChI=1S/C11H13N3O/c1-8(2)15-11-13-7-10(14-11)9-4-3-5-12-6-9/h3-8H,1-2H3,(H,13,14). The lowest BCUT2D eigenvalue weighted by atomic mass is 10.2. The Hall–Kier alpha value is -1.84. The highest BCUT2D eigenvalue weighted by molar-refractivity contribution is 5.57. The molecule has 0 spiro atoms. The zero-order valence-corrected chi connectivity index (χ0v) is 8.77. The average Bonchev–Trinajstić information content (AvgIpc) is 2.67. The molecule has 0 aliphatic carbocycles. The van der Waals surface area contributed by atoms with E-state index < -0.39 is 0 Å². The second-order valence-electron chi connectivity index (χ2n) is 3.51. The number of nitrogens with one attached hydrogen (secondary N) is 1. The highest BCUT2D eigenvalue weighted by atomic mass is 16.5. The SMILES string of the molecule is CC(C)Oc1ncc(-c2cccnc2)[nH]1. The molecule has 2 aromatic rings. The third-order valence-corrected chi connectivity index (χ3v) is 1.87. The van der Waals surface area contributed by atoms with Gasteiger partial charge in [0.1, 0.15) is 0 Å². The number of imidazole rings is 1. The van der Waals surface area contributed by atoms with Crippen LogP contribution in [0, 0.1) is 0 Å². The fourth-order valence-electron chi connectivity index (χ4n) is 1.25. The summed E-state index contributed by atoms with van der Waals surface area (Å²) in [5, 5.41) is 0. The molecule has 0 saturated heterocycles. The van der Waals surface area contributed by atoms with E-state index >= 15 is 0 Å². The van der Waals surface area contributed by atoms with Crippen LogP contribution in [0.2, 0.25) is 0 Å². The first-order chi connectivity index (χ1) is 7.25. The summed E-state index contributed by atoms with van der Waals surface area (Å²) in [6.45, 7) is 3.93. The maximum absolute atomic E-state index is 5.43. The molecule has 0 unspecified atom stereocenters. The summed E-state index contributed by atoms with van der Waals surface area (Å²) in [5.41, 5.74) is 1.92. The second kappa shape index (κ2) is 4.13. The summed E-state index contributed by atoms with van der Waals surface area (Å²) in [6.07, 6.45) is 5.39. The van der Waals surface area contributed by atoms with Crippen LogP contribution in [0.15, 0.2) is 30.7 Å². The van der Waals surface area contributed by atoms with Crippen molar-refractivity contribution in [1.82, 2.24) is 15.0 Å². The van der Waals surface area contributed by atoms with Gasteiger partial charge in [-0.25, -0.2) is 4.98 Å². The number of aromatic nitrogens is 3. The molecular weight excluding hydrogens is 190 g/mol. The molecule has 0 radical (unpaired) electrons. The fourth-order valence-corrected chi connectivity index (χ4v) is 1.25. The Morgan fingerprint density at radius 2 is 2.20 bits per heavy atom. The Kier molecular flexibility index (Phi) is 2.67. The maximum atomic E-state index is 5.43. The van der Waals surface area contributed by atoms with Crippen molar-refractivity contribution in [2.45, 2.75) is 20.0 Å². The summed E-state index contributed by atoms with van der Waals surface area (Å²) >= 11 is 0. The smallest absolute Gasteiger partial charge is 0.294 e. The molecule has 0 aliphatic heterocycles. The molecule has 0 aromatic carbocycles. The van der Waals surface area contributed by atoms with Crippen molar-refractivity contribution in [1.29, 1.82) is 0 Å². The Morgan fingerprint density at radius 1 is 1.33 bits per heavy atom. The van der Waals surface area contributed by atoms with E-state index in [4.69, 9.17) is 4.74 Å². The van der Waals surface area contributed by atoms with Crippen LogP contribution in [-0.4, -0.2) is 21.1 Å². The fraction of sp³-hybridized carbons (Fsp3) is 0.273. The van der Waals surface area contributed by atoms with Gasteiger partial charge in [-0.15, -0.1) is 0 Å². The van der Waals surface area contributed by atoms with Gasteiger partial charge in [0.25, 0.3) is 6.01 Å². The van der Waals surface area contributed by atoms with Gasteiger partial charge in [0.15, 0.2) is 0 Å². The lowest BCUT2D eigenvalue weighted by Crippen LogP contribution is -2.06. The molecule has 0 amide bonds. The third-order valence-electron chi connectivity index (χ3n) is 1.87. The van der Waals surface area contributed by atoms with Gasteiger partial charge in [-0.05, 0) is 26.0 Å². The summed E-state index contributed by atoms with van der Waals surface area (Å²) in [4.78, 5) is 11.3. The monoisotopic (exact) mass is 203 g/mol. The number of aromatic amines is 1. The van der Waals surface area contributed by atoms with Crippen molar-refractivity contribution in [3.05, 3.63) is 30.7 Å². The Bertz CT molecular complexity index is 422. The van der Waals surface area contributed by atoms with Gasteiger partial charge < -0.3 is 9.72 Å². The van der Waals surface area contributed by atoms with E-state index in [0.717, 1.165) is 11.3 Å². The van der Waals surface area contributed by atoms with Crippen molar-refractivity contribution in [3.8, 4) is 17.3 Å². The number of nitrogens with zero attached hydrogens (tertiary/aromatic N) is 2. The molecule has 1 N–H and O–H groups in total. The van der Waals surface area contributed by atoms with Gasteiger partial charge in [-0.3, -0.25) is 4.98 Å². The Labute approximate surface area is 88.3 Å². The molecule has 0 saturated carbocycles. The summed E-state index contributed by atoms with van der Waals surface area (Å²) < 4.78 is 5.43. The van der Waals surface area contributed by atoms with Crippen LogP contribution in [-0.2, 0) is 0 Å². The minimum atomic E-state index is 0.123. The van der Waals surface area contributed by atoms with E-state index in [1.165, 1.54) is 0 Å². The first-order valence-corrected chi connectivity index (χ1v) is 4.88. The lowest BCUT2D eigenvalue weighted by molar-refractivity contribution is 0.224. The van der Waals surface area contributed by atoms with Crippen LogP contribution in [0.3, 0.4) is 0 Å². The van der Waals surface area contributed by atoms with E-state index in [2.05, 4.69) is 15.0 Å². The molecule has 2 heterocycles. The number of hydrogen-bond donors (Lipinski definition) is 1. The minimum absolute atomic E-state index is 0.123. The summed E-state index contributed by atoms with van der Waals surface area (Å²) in [7, 11) is 0. The first kappa shape index (κ1) is 9.71. The molecule has 0 fully saturated rings. The van der Waals surface area contributed by atoms with Crippen molar-refractivity contribution in [2.24, 2.45) is 0 Å². The highest BCUT2D eigenvalue weighted by Gasteiger charge is 2.04. The van der Waals surface area contributed by atoms with E-state index in [0.29, 0.717) is 6.01 Å². The van der Waals surface area contributed by atoms with Crippen molar-refractivity contribution >= 4 is 0 Å². The third kappa shape index (κ3) is 2.34. The normalized spacial score (nSPS) is 10.6. The molecule has 4 nitrogen and oxygen atoms in total. The van der Waals surface area contributed by atoms with Gasteiger partial charge >= 0.3 is 0 Å². The Morgan fingerprint density at radius 3 is 2.87 bits per heavy atom. The highest BCUT2D eigenvalue weighted by Crippen LogP contribution is 2.18. The number of hydrogen-bond acceptors (Lipinski definition) is 3. The quantitative estimate of drug-likeness (QED) is 0.832. The topological polar surface area (TPSA) is 50.8 Å². The molecule has 2 rings (SSSR count). The molecule has 4 heteroatoms. The minimum Gasteiger partial charge on any atom is -0.462 e. The van der Waals surface area contributed by atoms with Crippen molar-refractivity contribution in [2.75, 3.05) is 0 Å². The molecule has 15 heavy (non-hydrogen) atoms. The van der Waals surface area contributed by atoms with Crippen molar-refractivity contribution < 1.29 is 4.74 Å². The first-order valence-electron chi connectivity index (χ1n) is 4.88. The van der Waals surface area contributed by atoms with Crippen LogP contribution in [0.1, 0.15) is 13.8 Å². The molecule has 78 valence electrons. The molecule has 2 aromatic heterocycles. The van der Waals surface area contributed by atoms with Crippen LogP contribution in [0.25, 0.3) is 11.3 Å². The van der Waals surface area contributed by atoms with Crippen LogP contribution in [0.5, 0.6) is 6.01 Å². The zero-order valence-electron chi connectivity index (χ0n) is 8.77. The van der Waals surface area contributed by atoms with Gasteiger partial charge in [-0.2, -0.15) is 0 Å². The number of ether oxygens (including phenoxy) is 1. The second-order valence-corrected chi connectivity index (χ2v) is 3.51. The van der Waals surface area contributed by atoms with E-state index in [1.54, 1.807) is 18.6 Å². The molecular formula is C11H13N3O. The largest absolute Gasteiger partial charge is 0.462 e. The van der Waals surface area contributed by atoms with Crippen LogP contribution < -0.4 is 4.74 Å². The predicted octanol–water partition coefficient (Wildman–Crippen LogP) is 2.26. The number of rotatable bonds is 3. The summed E-state index contributed by atoms with van der Waals surface area (Å²) in [6, 6.07) is 4.41. The Balaban J connectivity index is 2.21. The lowest BCUT2D eigenvalue weighted by Gasteiger charge is -2.04. The van der Waals surface area contributed by atoms with Crippen LogP contribution >= 0.6 is 0 Å². The predicted molar refractivity (Wildman–Crippen MR) is 57.6 cm³/mol. The molecule has 0 bridgehead atoms. The molecule has 0 aliphatic rings. The van der Waals surface area contributed by atoms with Gasteiger partial charge in [-0.1, -0.05) is 0 Å². The zero-order chi connectivity index (χ0) is 10.7. The van der Waals surface area contributed by atoms with Gasteiger partial charge in [0, 0.05) is 18.0 Å².